The van der Waals surface area contributed by atoms with Gasteiger partial charge in [-0.1, -0.05) is 46.3 Å². The minimum absolute atomic E-state index is 0.256. The second kappa shape index (κ2) is 8.29. The van der Waals surface area contributed by atoms with E-state index in [1.807, 2.05) is 12.1 Å². The third-order valence-electron chi connectivity index (χ3n) is 3.51. The Morgan fingerprint density at radius 3 is 2.31 bits per heavy atom. The predicted octanol–water partition coefficient (Wildman–Crippen LogP) is 5.68. The van der Waals surface area contributed by atoms with Crippen molar-refractivity contribution in [3.8, 4) is 5.75 Å². The highest BCUT2D eigenvalue weighted by molar-refractivity contribution is 9.10. The molecule has 0 bridgehead atoms. The molecule has 0 aliphatic heterocycles. The monoisotopic (exact) mass is 473 g/mol. The number of ether oxygens (including phenoxy) is 1. The van der Waals surface area contributed by atoms with Gasteiger partial charge in [0, 0.05) is 14.5 Å². The molecule has 0 saturated heterocycles. The number of carbonyl (C=O) groups is 2. The van der Waals surface area contributed by atoms with E-state index in [9.17, 15) is 9.59 Å². The van der Waals surface area contributed by atoms with Crippen molar-refractivity contribution in [1.82, 2.24) is 0 Å². The minimum atomic E-state index is -0.554. The van der Waals surface area contributed by atoms with E-state index in [1.54, 1.807) is 60.7 Å². The Hall–Kier alpha value is -2.44. The van der Waals surface area contributed by atoms with Crippen LogP contribution in [0.3, 0.4) is 0 Å². The van der Waals surface area contributed by atoms with Crippen LogP contribution < -0.4 is 10.1 Å². The average molecular weight is 475 g/mol. The number of carbonyl (C=O) groups excluding carboxylic acids is 2. The van der Waals surface area contributed by atoms with Crippen LogP contribution in [-0.2, 0) is 0 Å². The van der Waals surface area contributed by atoms with Gasteiger partial charge in [0.05, 0.1) is 11.3 Å². The van der Waals surface area contributed by atoms with Gasteiger partial charge in [-0.15, -0.1) is 0 Å². The van der Waals surface area contributed by atoms with E-state index in [0.717, 1.165) is 4.47 Å². The molecule has 3 aromatic carbocycles. The number of amides is 1. The summed E-state index contributed by atoms with van der Waals surface area (Å²) in [6, 6.07) is 20.8. The minimum Gasteiger partial charge on any atom is -0.423 e. The van der Waals surface area contributed by atoms with E-state index in [4.69, 9.17) is 4.74 Å². The van der Waals surface area contributed by atoms with Crippen molar-refractivity contribution in [3.63, 3.8) is 0 Å². The normalized spacial score (nSPS) is 10.2. The zero-order valence-electron chi connectivity index (χ0n) is 13.4. The van der Waals surface area contributed by atoms with Gasteiger partial charge >= 0.3 is 5.97 Å². The molecule has 0 aliphatic carbocycles. The van der Waals surface area contributed by atoms with E-state index < -0.39 is 5.97 Å². The summed E-state index contributed by atoms with van der Waals surface area (Å²) in [6.45, 7) is 0. The fourth-order valence-corrected chi connectivity index (χ4v) is 3.15. The van der Waals surface area contributed by atoms with Gasteiger partial charge in [0.25, 0.3) is 5.91 Å². The molecule has 26 heavy (non-hydrogen) atoms. The number of hydrogen-bond donors (Lipinski definition) is 1. The zero-order chi connectivity index (χ0) is 18.5. The van der Waals surface area contributed by atoms with Crippen LogP contribution in [0.15, 0.2) is 81.7 Å². The Bertz CT molecular complexity index is 958. The fraction of sp³-hybridized carbons (Fsp3) is 0. The van der Waals surface area contributed by atoms with Crippen molar-refractivity contribution >= 4 is 49.4 Å². The standard InChI is InChI=1S/C20H13Br2NO3/c21-14-7-4-6-13(12-14)19(24)23-18-16(10-5-11-17(18)22)20(25)26-15-8-2-1-3-9-15/h1-12H,(H,23,24). The number of anilines is 1. The quantitative estimate of drug-likeness (QED) is 0.390. The van der Waals surface area contributed by atoms with Gasteiger partial charge in [-0.25, -0.2) is 4.79 Å². The van der Waals surface area contributed by atoms with Crippen molar-refractivity contribution in [1.29, 1.82) is 0 Å². The summed E-state index contributed by atoms with van der Waals surface area (Å²) < 4.78 is 6.76. The molecule has 4 nitrogen and oxygen atoms in total. The van der Waals surface area contributed by atoms with Crippen LogP contribution in [-0.4, -0.2) is 11.9 Å². The second-order valence-corrected chi connectivity index (χ2v) is 7.10. The Morgan fingerprint density at radius 1 is 0.846 bits per heavy atom. The molecular weight excluding hydrogens is 462 g/mol. The Labute approximate surface area is 167 Å². The molecule has 0 aromatic heterocycles. The molecule has 6 heteroatoms. The maximum Gasteiger partial charge on any atom is 0.345 e. The van der Waals surface area contributed by atoms with Crippen LogP contribution >= 0.6 is 31.9 Å². The van der Waals surface area contributed by atoms with Gasteiger partial charge in [0.1, 0.15) is 5.75 Å². The smallest absolute Gasteiger partial charge is 0.345 e. The van der Waals surface area contributed by atoms with Crippen molar-refractivity contribution in [3.05, 3.63) is 92.9 Å². The maximum atomic E-state index is 12.6. The molecule has 0 heterocycles. The zero-order valence-corrected chi connectivity index (χ0v) is 16.6. The summed E-state index contributed by atoms with van der Waals surface area (Å²) >= 11 is 6.73. The highest BCUT2D eigenvalue weighted by Crippen LogP contribution is 2.28. The summed E-state index contributed by atoms with van der Waals surface area (Å²) in [5, 5.41) is 2.78. The van der Waals surface area contributed by atoms with Gasteiger partial charge in [0.15, 0.2) is 0 Å². The topological polar surface area (TPSA) is 55.4 Å². The molecule has 3 aromatic rings. The number of esters is 1. The summed E-state index contributed by atoms with van der Waals surface area (Å²) in [5.74, 6) is -0.448. The SMILES string of the molecule is O=C(Nc1c(Br)cccc1C(=O)Oc1ccccc1)c1cccc(Br)c1. The highest BCUT2D eigenvalue weighted by atomic mass is 79.9. The lowest BCUT2D eigenvalue weighted by Gasteiger charge is -2.13. The van der Waals surface area contributed by atoms with Crippen molar-refractivity contribution in [2.45, 2.75) is 0 Å². The van der Waals surface area contributed by atoms with Crippen LogP contribution in [0.2, 0.25) is 0 Å². The number of benzene rings is 3. The lowest BCUT2D eigenvalue weighted by Crippen LogP contribution is -2.17. The van der Waals surface area contributed by atoms with Crippen molar-refractivity contribution < 1.29 is 14.3 Å². The molecule has 1 amide bonds. The highest BCUT2D eigenvalue weighted by Gasteiger charge is 2.18. The van der Waals surface area contributed by atoms with E-state index in [1.165, 1.54) is 0 Å². The molecule has 130 valence electrons. The molecular formula is C20H13Br2NO3. The second-order valence-electron chi connectivity index (χ2n) is 5.33. The summed E-state index contributed by atoms with van der Waals surface area (Å²) in [5.41, 5.74) is 1.09. The molecule has 0 atom stereocenters. The first-order chi connectivity index (χ1) is 12.5. The first-order valence-electron chi connectivity index (χ1n) is 7.67. The molecule has 0 saturated carbocycles. The van der Waals surface area contributed by atoms with Gasteiger partial charge in [-0.3, -0.25) is 4.79 Å². The Kier molecular flexibility index (Phi) is 5.85. The van der Waals surface area contributed by atoms with E-state index in [-0.39, 0.29) is 11.5 Å². The maximum absolute atomic E-state index is 12.6. The van der Waals surface area contributed by atoms with E-state index in [0.29, 0.717) is 21.5 Å². The number of rotatable bonds is 4. The molecule has 3 rings (SSSR count). The third kappa shape index (κ3) is 4.39. The summed E-state index contributed by atoms with van der Waals surface area (Å²) in [4.78, 5) is 25.1. The largest absolute Gasteiger partial charge is 0.423 e. The van der Waals surface area contributed by atoms with Crippen molar-refractivity contribution in [2.75, 3.05) is 5.32 Å². The van der Waals surface area contributed by atoms with Gasteiger partial charge in [0.2, 0.25) is 0 Å². The third-order valence-corrected chi connectivity index (χ3v) is 4.67. The number of hydrogen-bond acceptors (Lipinski definition) is 3. The van der Waals surface area contributed by atoms with Gasteiger partial charge < -0.3 is 10.1 Å². The molecule has 0 unspecified atom stereocenters. The lowest BCUT2D eigenvalue weighted by molar-refractivity contribution is 0.0736. The van der Waals surface area contributed by atoms with Gasteiger partial charge in [-0.2, -0.15) is 0 Å². The average Bonchev–Trinajstić information content (AvgIpc) is 2.64. The van der Waals surface area contributed by atoms with Gasteiger partial charge in [-0.05, 0) is 58.4 Å². The number of halogens is 2. The van der Waals surface area contributed by atoms with Crippen LogP contribution in [0.25, 0.3) is 0 Å². The number of para-hydroxylation sites is 2. The first-order valence-corrected chi connectivity index (χ1v) is 9.26. The lowest BCUT2D eigenvalue weighted by atomic mass is 10.1. The van der Waals surface area contributed by atoms with Crippen LogP contribution in [0.4, 0.5) is 5.69 Å². The summed E-state index contributed by atoms with van der Waals surface area (Å²) in [7, 11) is 0. The molecule has 1 N–H and O–H groups in total. The molecule has 0 fully saturated rings. The summed E-state index contributed by atoms with van der Waals surface area (Å²) in [6.07, 6.45) is 0. The van der Waals surface area contributed by atoms with Crippen molar-refractivity contribution in [2.24, 2.45) is 0 Å². The molecule has 0 spiro atoms. The Morgan fingerprint density at radius 2 is 1.58 bits per heavy atom. The van der Waals surface area contributed by atoms with E-state index >= 15 is 0 Å². The predicted molar refractivity (Wildman–Crippen MR) is 108 cm³/mol. The van der Waals surface area contributed by atoms with Crippen LogP contribution in [0.1, 0.15) is 20.7 Å². The van der Waals surface area contributed by atoms with E-state index in [2.05, 4.69) is 37.2 Å². The molecule has 0 aliphatic rings. The first kappa shape index (κ1) is 18.4. The van der Waals surface area contributed by atoms with Crippen LogP contribution in [0.5, 0.6) is 5.75 Å². The number of nitrogens with one attached hydrogen (secondary N) is 1. The van der Waals surface area contributed by atoms with Crippen LogP contribution in [0, 0.1) is 0 Å². The Balaban J connectivity index is 1.88. The fourth-order valence-electron chi connectivity index (χ4n) is 2.29. The molecule has 0 radical (unpaired) electrons.